The molecule has 0 aliphatic heterocycles. The molecule has 0 saturated heterocycles. The summed E-state index contributed by atoms with van der Waals surface area (Å²) < 4.78 is 4.88. The molecule has 2 aromatic rings. The zero-order valence-corrected chi connectivity index (χ0v) is 10.8. The van der Waals surface area contributed by atoms with E-state index in [0.717, 1.165) is 17.7 Å². The molecule has 0 aromatic carbocycles. The van der Waals surface area contributed by atoms with Gasteiger partial charge in [0.2, 0.25) is 0 Å². The molecule has 0 unspecified atom stereocenters. The zero-order valence-electron chi connectivity index (χ0n) is 10.0. The van der Waals surface area contributed by atoms with Crippen LogP contribution in [0.15, 0.2) is 10.8 Å². The molecule has 18 heavy (non-hydrogen) atoms. The third kappa shape index (κ3) is 2.48. The van der Waals surface area contributed by atoms with Crippen LogP contribution < -0.4 is 0 Å². The molecule has 0 aliphatic carbocycles. The number of carbonyl (C=O) groups is 1. The number of hydrogen-bond acceptors (Lipinski definition) is 5. The fourth-order valence-electron chi connectivity index (χ4n) is 1.52. The van der Waals surface area contributed by atoms with Gasteiger partial charge in [-0.3, -0.25) is 0 Å². The minimum absolute atomic E-state index is 0.112. The van der Waals surface area contributed by atoms with Gasteiger partial charge in [-0.2, -0.15) is 0 Å². The molecule has 0 amide bonds. The predicted octanol–water partition coefficient (Wildman–Crippen LogP) is 2.87. The molecule has 2 aromatic heterocycles. The molecule has 0 atom stereocenters. The van der Waals surface area contributed by atoms with Gasteiger partial charge in [0.1, 0.15) is 11.3 Å². The lowest BCUT2D eigenvalue weighted by Crippen LogP contribution is -1.98. The van der Waals surface area contributed by atoms with Crippen molar-refractivity contribution in [3.63, 3.8) is 0 Å². The van der Waals surface area contributed by atoms with E-state index < -0.39 is 5.97 Å². The molecule has 0 aliphatic rings. The Morgan fingerprint density at radius 1 is 1.56 bits per heavy atom. The SMILES string of the molecule is CCc1nocc1C=Cc1nc(C(=O)O)c(C)s1. The molecular formula is C12H12N2O3S. The van der Waals surface area contributed by atoms with Gasteiger partial charge in [0.05, 0.1) is 5.69 Å². The Morgan fingerprint density at radius 2 is 2.33 bits per heavy atom. The van der Waals surface area contributed by atoms with Gasteiger partial charge >= 0.3 is 5.97 Å². The van der Waals surface area contributed by atoms with Gasteiger partial charge < -0.3 is 9.63 Å². The molecule has 0 bridgehead atoms. The van der Waals surface area contributed by atoms with Crippen molar-refractivity contribution >= 4 is 29.5 Å². The molecule has 2 rings (SSSR count). The average Bonchev–Trinajstić information content (AvgIpc) is 2.92. The van der Waals surface area contributed by atoms with Gasteiger partial charge in [0, 0.05) is 10.4 Å². The number of carboxylic acids is 1. The van der Waals surface area contributed by atoms with Gasteiger partial charge in [0.15, 0.2) is 5.69 Å². The number of aromatic nitrogens is 2. The Kier molecular flexibility index (Phi) is 3.57. The molecule has 1 N–H and O–H groups in total. The number of rotatable bonds is 4. The quantitative estimate of drug-likeness (QED) is 0.918. The molecule has 0 spiro atoms. The summed E-state index contributed by atoms with van der Waals surface area (Å²) in [7, 11) is 0. The van der Waals surface area contributed by atoms with E-state index >= 15 is 0 Å². The predicted molar refractivity (Wildman–Crippen MR) is 68.6 cm³/mol. The number of thiazole rings is 1. The summed E-state index contributed by atoms with van der Waals surface area (Å²) in [6.45, 7) is 3.74. The summed E-state index contributed by atoms with van der Waals surface area (Å²) in [6.07, 6.45) is 5.95. The average molecular weight is 264 g/mol. The second-order valence-electron chi connectivity index (χ2n) is 3.67. The zero-order chi connectivity index (χ0) is 13.1. The number of aromatic carboxylic acids is 1. The fourth-order valence-corrected chi connectivity index (χ4v) is 2.34. The first-order valence-corrected chi connectivity index (χ1v) is 6.25. The Bertz CT molecular complexity index is 598. The van der Waals surface area contributed by atoms with E-state index in [4.69, 9.17) is 9.63 Å². The van der Waals surface area contributed by atoms with Crippen molar-refractivity contribution in [1.29, 1.82) is 0 Å². The second kappa shape index (κ2) is 5.14. The van der Waals surface area contributed by atoms with Crippen LogP contribution in [0.2, 0.25) is 0 Å². The van der Waals surface area contributed by atoms with Crippen LogP contribution in [0.1, 0.15) is 38.6 Å². The summed E-state index contributed by atoms with van der Waals surface area (Å²) in [5.74, 6) is -0.998. The van der Waals surface area contributed by atoms with Gasteiger partial charge in [0.25, 0.3) is 0 Å². The molecule has 0 radical (unpaired) electrons. The summed E-state index contributed by atoms with van der Waals surface area (Å²) in [5, 5.41) is 13.4. The van der Waals surface area contributed by atoms with Crippen LogP contribution in [0.3, 0.4) is 0 Å². The maximum Gasteiger partial charge on any atom is 0.355 e. The minimum Gasteiger partial charge on any atom is -0.476 e. The lowest BCUT2D eigenvalue weighted by molar-refractivity contribution is 0.0690. The maximum atomic E-state index is 10.9. The number of nitrogens with zero attached hydrogens (tertiary/aromatic N) is 2. The summed E-state index contributed by atoms with van der Waals surface area (Å²) in [5.41, 5.74) is 1.88. The van der Waals surface area contributed by atoms with Crippen molar-refractivity contribution in [2.75, 3.05) is 0 Å². The van der Waals surface area contributed by atoms with Crippen LogP contribution in [0.5, 0.6) is 0 Å². The van der Waals surface area contributed by atoms with Crippen molar-refractivity contribution in [2.45, 2.75) is 20.3 Å². The van der Waals surface area contributed by atoms with Gasteiger partial charge in [-0.15, -0.1) is 11.3 Å². The van der Waals surface area contributed by atoms with Crippen LogP contribution in [0, 0.1) is 6.92 Å². The fraction of sp³-hybridized carbons (Fsp3) is 0.250. The van der Waals surface area contributed by atoms with Crippen molar-refractivity contribution in [1.82, 2.24) is 10.1 Å². The summed E-state index contributed by atoms with van der Waals surface area (Å²) >= 11 is 1.35. The first kappa shape index (κ1) is 12.5. The minimum atomic E-state index is -0.998. The smallest absolute Gasteiger partial charge is 0.355 e. The number of aryl methyl sites for hydroxylation is 2. The highest BCUT2D eigenvalue weighted by Crippen LogP contribution is 2.20. The van der Waals surface area contributed by atoms with E-state index in [9.17, 15) is 4.79 Å². The van der Waals surface area contributed by atoms with E-state index in [1.165, 1.54) is 11.3 Å². The van der Waals surface area contributed by atoms with Crippen LogP contribution in [0.25, 0.3) is 12.2 Å². The molecule has 0 fully saturated rings. The molecule has 6 heteroatoms. The first-order valence-electron chi connectivity index (χ1n) is 5.44. The Labute approximate surface area is 108 Å². The summed E-state index contributed by atoms with van der Waals surface area (Å²) in [4.78, 5) is 15.6. The molecule has 94 valence electrons. The number of carboxylic acid groups (broad SMARTS) is 1. The third-order valence-corrected chi connectivity index (χ3v) is 3.37. The Balaban J connectivity index is 2.24. The largest absolute Gasteiger partial charge is 0.476 e. The van der Waals surface area contributed by atoms with E-state index in [2.05, 4.69) is 10.1 Å². The second-order valence-corrected chi connectivity index (χ2v) is 4.90. The van der Waals surface area contributed by atoms with Gasteiger partial charge in [-0.05, 0) is 25.5 Å². The van der Waals surface area contributed by atoms with Crippen LogP contribution >= 0.6 is 11.3 Å². The highest BCUT2D eigenvalue weighted by molar-refractivity contribution is 7.12. The van der Waals surface area contributed by atoms with Crippen molar-refractivity contribution in [3.8, 4) is 0 Å². The normalized spacial score (nSPS) is 11.2. The first-order chi connectivity index (χ1) is 8.61. The van der Waals surface area contributed by atoms with Crippen LogP contribution in [-0.4, -0.2) is 21.2 Å². The molecular weight excluding hydrogens is 252 g/mol. The standard InChI is InChI=1S/C12H12N2O3S/c1-3-9-8(6-17-14-9)4-5-10-13-11(12(15)16)7(2)18-10/h4-6H,3H2,1-2H3,(H,15,16). The third-order valence-electron chi connectivity index (χ3n) is 2.43. The highest BCUT2D eigenvalue weighted by atomic mass is 32.1. The van der Waals surface area contributed by atoms with E-state index in [0.29, 0.717) is 9.88 Å². The maximum absolute atomic E-state index is 10.9. The molecule has 0 saturated carbocycles. The highest BCUT2D eigenvalue weighted by Gasteiger charge is 2.12. The van der Waals surface area contributed by atoms with Crippen molar-refractivity contribution in [3.05, 3.63) is 33.1 Å². The number of hydrogen-bond donors (Lipinski definition) is 1. The topological polar surface area (TPSA) is 76.2 Å². The molecule has 5 nitrogen and oxygen atoms in total. The van der Waals surface area contributed by atoms with Crippen LogP contribution in [-0.2, 0) is 6.42 Å². The van der Waals surface area contributed by atoms with E-state index in [1.54, 1.807) is 19.3 Å². The monoisotopic (exact) mass is 264 g/mol. The van der Waals surface area contributed by atoms with E-state index in [1.807, 2.05) is 13.0 Å². The summed E-state index contributed by atoms with van der Waals surface area (Å²) in [6, 6.07) is 0. The Hall–Kier alpha value is -1.95. The molecule has 2 heterocycles. The van der Waals surface area contributed by atoms with Crippen molar-refractivity contribution in [2.24, 2.45) is 0 Å². The lowest BCUT2D eigenvalue weighted by Gasteiger charge is -1.88. The van der Waals surface area contributed by atoms with Crippen LogP contribution in [0.4, 0.5) is 0 Å². The van der Waals surface area contributed by atoms with Gasteiger partial charge in [-0.25, -0.2) is 9.78 Å². The Morgan fingerprint density at radius 3 is 2.94 bits per heavy atom. The lowest BCUT2D eigenvalue weighted by atomic mass is 10.2. The van der Waals surface area contributed by atoms with Gasteiger partial charge in [-0.1, -0.05) is 12.1 Å². The van der Waals surface area contributed by atoms with Crippen molar-refractivity contribution < 1.29 is 14.4 Å². The van der Waals surface area contributed by atoms with E-state index in [-0.39, 0.29) is 5.69 Å².